The molecule has 1 aromatic carbocycles. The summed E-state index contributed by atoms with van der Waals surface area (Å²) in [6, 6.07) is 5.34. The van der Waals surface area contributed by atoms with Crippen LogP contribution in [0.2, 0.25) is 0 Å². The van der Waals surface area contributed by atoms with Crippen molar-refractivity contribution >= 4 is 0 Å². The first-order chi connectivity index (χ1) is 10.3. The Kier molecular flexibility index (Phi) is 5.24. The van der Waals surface area contributed by atoms with Crippen molar-refractivity contribution in [3.63, 3.8) is 0 Å². The molecule has 1 fully saturated rings. The number of piperidine rings is 1. The topological polar surface area (TPSA) is 47.7 Å². The number of rotatable bonds is 5. The molecule has 1 aliphatic heterocycles. The van der Waals surface area contributed by atoms with Crippen LogP contribution < -0.4 is 15.2 Å². The van der Waals surface area contributed by atoms with Crippen molar-refractivity contribution < 1.29 is 18.3 Å². The number of halogens is 2. The number of benzene rings is 1. The first kappa shape index (κ1) is 17.0. The van der Waals surface area contributed by atoms with E-state index in [2.05, 4.69) is 23.5 Å². The third-order valence-corrected chi connectivity index (χ3v) is 4.24. The fourth-order valence-corrected chi connectivity index (χ4v) is 2.89. The standard InChI is InChI=1S/C16H24F2N2O2/c1-16(2)10-20(7-6-14(16)19)9-11-4-5-12(21-3)13(8-11)22-15(17)18/h4-5,8,14-15H,6-7,9-10,19H2,1-3H3. The zero-order chi connectivity index (χ0) is 16.3. The lowest BCUT2D eigenvalue weighted by atomic mass is 9.79. The van der Waals surface area contributed by atoms with Crippen LogP contribution in [0.5, 0.6) is 11.5 Å². The Balaban J connectivity index is 2.09. The summed E-state index contributed by atoms with van der Waals surface area (Å²) in [5, 5.41) is 0. The predicted molar refractivity (Wildman–Crippen MR) is 81.3 cm³/mol. The number of hydrogen-bond acceptors (Lipinski definition) is 4. The summed E-state index contributed by atoms with van der Waals surface area (Å²) in [5.41, 5.74) is 7.11. The van der Waals surface area contributed by atoms with Crippen LogP contribution in [-0.4, -0.2) is 37.8 Å². The van der Waals surface area contributed by atoms with Gasteiger partial charge < -0.3 is 15.2 Å². The van der Waals surface area contributed by atoms with Gasteiger partial charge in [0.05, 0.1) is 7.11 Å². The third kappa shape index (κ3) is 4.08. The van der Waals surface area contributed by atoms with Crippen molar-refractivity contribution in [2.75, 3.05) is 20.2 Å². The number of nitrogens with zero attached hydrogens (tertiary/aromatic N) is 1. The van der Waals surface area contributed by atoms with Gasteiger partial charge >= 0.3 is 6.61 Å². The lowest BCUT2D eigenvalue weighted by Crippen LogP contribution is -2.52. The molecule has 4 nitrogen and oxygen atoms in total. The molecule has 1 atom stereocenters. The van der Waals surface area contributed by atoms with Gasteiger partial charge in [0.1, 0.15) is 0 Å². The van der Waals surface area contributed by atoms with E-state index in [1.807, 2.05) is 6.07 Å². The van der Waals surface area contributed by atoms with Gasteiger partial charge in [-0.3, -0.25) is 4.90 Å². The van der Waals surface area contributed by atoms with E-state index in [9.17, 15) is 8.78 Å². The molecule has 1 aliphatic rings. The molecule has 1 saturated heterocycles. The lowest BCUT2D eigenvalue weighted by molar-refractivity contribution is -0.0512. The van der Waals surface area contributed by atoms with E-state index in [1.54, 1.807) is 12.1 Å². The molecule has 6 heteroatoms. The third-order valence-electron chi connectivity index (χ3n) is 4.24. The Hall–Kier alpha value is -1.40. The SMILES string of the molecule is COc1ccc(CN2CCC(N)C(C)(C)C2)cc1OC(F)F. The second kappa shape index (κ2) is 6.79. The van der Waals surface area contributed by atoms with E-state index in [4.69, 9.17) is 10.5 Å². The maximum Gasteiger partial charge on any atom is 0.387 e. The fraction of sp³-hybridized carbons (Fsp3) is 0.625. The van der Waals surface area contributed by atoms with E-state index in [0.717, 1.165) is 25.1 Å². The van der Waals surface area contributed by atoms with Crippen molar-refractivity contribution in [2.24, 2.45) is 11.1 Å². The molecule has 124 valence electrons. The van der Waals surface area contributed by atoms with E-state index >= 15 is 0 Å². The van der Waals surface area contributed by atoms with Crippen molar-refractivity contribution in [3.05, 3.63) is 23.8 Å². The molecule has 0 amide bonds. The number of alkyl halides is 2. The molecule has 0 aromatic heterocycles. The number of likely N-dealkylation sites (tertiary alicyclic amines) is 1. The van der Waals surface area contributed by atoms with Gasteiger partial charge in [0.2, 0.25) is 0 Å². The van der Waals surface area contributed by atoms with Crippen LogP contribution in [-0.2, 0) is 6.54 Å². The van der Waals surface area contributed by atoms with Crippen LogP contribution >= 0.6 is 0 Å². The minimum Gasteiger partial charge on any atom is -0.493 e. The smallest absolute Gasteiger partial charge is 0.387 e. The van der Waals surface area contributed by atoms with Crippen LogP contribution in [0.15, 0.2) is 18.2 Å². The molecule has 2 rings (SSSR count). The maximum absolute atomic E-state index is 12.5. The largest absolute Gasteiger partial charge is 0.493 e. The van der Waals surface area contributed by atoms with Gasteiger partial charge in [0.25, 0.3) is 0 Å². The van der Waals surface area contributed by atoms with Crippen LogP contribution in [0.1, 0.15) is 25.8 Å². The van der Waals surface area contributed by atoms with Crippen molar-refractivity contribution in [3.8, 4) is 11.5 Å². The normalized spacial score (nSPS) is 21.9. The molecule has 0 spiro atoms. The Bertz CT molecular complexity index is 509. The highest BCUT2D eigenvalue weighted by Crippen LogP contribution is 2.32. The first-order valence-electron chi connectivity index (χ1n) is 7.41. The van der Waals surface area contributed by atoms with Gasteiger partial charge in [-0.2, -0.15) is 8.78 Å². The minimum atomic E-state index is -2.86. The number of methoxy groups -OCH3 is 1. The molecular weight excluding hydrogens is 290 g/mol. The monoisotopic (exact) mass is 314 g/mol. The number of ether oxygens (including phenoxy) is 2. The van der Waals surface area contributed by atoms with Gasteiger partial charge in [0, 0.05) is 25.7 Å². The minimum absolute atomic E-state index is 0.0486. The summed E-state index contributed by atoms with van der Waals surface area (Å²) in [6.07, 6.45) is 0.934. The van der Waals surface area contributed by atoms with Gasteiger partial charge in [-0.1, -0.05) is 19.9 Å². The molecule has 0 bridgehead atoms. The highest BCUT2D eigenvalue weighted by molar-refractivity contribution is 5.43. The zero-order valence-corrected chi connectivity index (χ0v) is 13.3. The van der Waals surface area contributed by atoms with Gasteiger partial charge in [-0.25, -0.2) is 0 Å². The summed E-state index contributed by atoms with van der Waals surface area (Å²) in [4.78, 5) is 2.29. The van der Waals surface area contributed by atoms with E-state index in [1.165, 1.54) is 7.11 Å². The fourth-order valence-electron chi connectivity index (χ4n) is 2.89. The maximum atomic E-state index is 12.5. The summed E-state index contributed by atoms with van der Waals surface area (Å²) in [7, 11) is 1.43. The second-order valence-corrected chi connectivity index (χ2v) is 6.46. The summed E-state index contributed by atoms with van der Waals surface area (Å²) >= 11 is 0. The van der Waals surface area contributed by atoms with Gasteiger partial charge in [-0.05, 0) is 29.5 Å². The Morgan fingerprint density at radius 3 is 2.68 bits per heavy atom. The molecule has 0 aliphatic carbocycles. The lowest BCUT2D eigenvalue weighted by Gasteiger charge is -2.42. The molecule has 22 heavy (non-hydrogen) atoms. The molecule has 1 aromatic rings. The van der Waals surface area contributed by atoms with Crippen molar-refractivity contribution in [1.82, 2.24) is 4.90 Å². The summed E-state index contributed by atoms with van der Waals surface area (Å²) in [6.45, 7) is 3.91. The molecule has 1 unspecified atom stereocenters. The molecule has 0 radical (unpaired) electrons. The zero-order valence-electron chi connectivity index (χ0n) is 13.3. The quantitative estimate of drug-likeness (QED) is 0.908. The van der Waals surface area contributed by atoms with Gasteiger partial charge in [0.15, 0.2) is 11.5 Å². The molecule has 1 heterocycles. The predicted octanol–water partition coefficient (Wildman–Crippen LogP) is 2.86. The second-order valence-electron chi connectivity index (χ2n) is 6.46. The van der Waals surface area contributed by atoms with Crippen LogP contribution in [0.25, 0.3) is 0 Å². The highest BCUT2D eigenvalue weighted by atomic mass is 19.3. The van der Waals surface area contributed by atoms with E-state index in [-0.39, 0.29) is 17.2 Å². The van der Waals surface area contributed by atoms with Gasteiger partial charge in [-0.15, -0.1) is 0 Å². The van der Waals surface area contributed by atoms with Crippen LogP contribution in [0.4, 0.5) is 8.78 Å². The average Bonchev–Trinajstić information content (AvgIpc) is 2.42. The first-order valence-corrected chi connectivity index (χ1v) is 7.41. The van der Waals surface area contributed by atoms with Crippen molar-refractivity contribution in [2.45, 2.75) is 39.5 Å². The number of hydrogen-bond donors (Lipinski definition) is 1. The molecule has 2 N–H and O–H groups in total. The highest BCUT2D eigenvalue weighted by Gasteiger charge is 2.33. The van der Waals surface area contributed by atoms with Crippen LogP contribution in [0.3, 0.4) is 0 Å². The Morgan fingerprint density at radius 2 is 2.09 bits per heavy atom. The van der Waals surface area contributed by atoms with Crippen molar-refractivity contribution in [1.29, 1.82) is 0 Å². The average molecular weight is 314 g/mol. The van der Waals surface area contributed by atoms with E-state index in [0.29, 0.717) is 12.3 Å². The Morgan fingerprint density at radius 1 is 1.36 bits per heavy atom. The Labute approximate surface area is 130 Å². The van der Waals surface area contributed by atoms with E-state index < -0.39 is 6.61 Å². The summed E-state index contributed by atoms with van der Waals surface area (Å²) < 4.78 is 34.5. The van der Waals surface area contributed by atoms with Crippen LogP contribution in [0, 0.1) is 5.41 Å². The summed E-state index contributed by atoms with van der Waals surface area (Å²) in [5.74, 6) is 0.382. The molecular formula is C16H24F2N2O2. The molecule has 0 saturated carbocycles. The number of nitrogens with two attached hydrogens (primary N) is 1.